The van der Waals surface area contributed by atoms with Crippen molar-refractivity contribution in [2.24, 2.45) is 12.5 Å². The third kappa shape index (κ3) is 4.55. The zero-order chi connectivity index (χ0) is 29.2. The van der Waals surface area contributed by atoms with E-state index in [1.807, 2.05) is 0 Å². The van der Waals surface area contributed by atoms with Gasteiger partial charge in [-0.1, -0.05) is 5.57 Å². The molecule has 0 saturated heterocycles. The molecular formula is C27H22F4N6O3S. The van der Waals surface area contributed by atoms with E-state index in [9.17, 15) is 30.8 Å². The normalized spacial score (nSPS) is 20.7. The van der Waals surface area contributed by atoms with Gasteiger partial charge in [0.1, 0.15) is 11.5 Å². The first-order valence-electron chi connectivity index (χ1n) is 12.6. The summed E-state index contributed by atoms with van der Waals surface area (Å²) in [5, 5.41) is 10.9. The highest BCUT2D eigenvalue weighted by Crippen LogP contribution is 2.52. The van der Waals surface area contributed by atoms with Gasteiger partial charge < -0.3 is 0 Å². The van der Waals surface area contributed by atoms with Crippen LogP contribution in [0, 0.1) is 11.2 Å². The number of alkyl halides is 3. The largest absolute Gasteiger partial charge is 0.416 e. The summed E-state index contributed by atoms with van der Waals surface area (Å²) in [7, 11) is -2.55. The lowest BCUT2D eigenvalue weighted by Gasteiger charge is -2.43. The highest BCUT2D eigenvalue weighted by atomic mass is 32.2. The summed E-state index contributed by atoms with van der Waals surface area (Å²) in [6, 6.07) is 7.15. The summed E-state index contributed by atoms with van der Waals surface area (Å²) >= 11 is 0. The van der Waals surface area contributed by atoms with Crippen molar-refractivity contribution in [1.82, 2.24) is 29.8 Å². The van der Waals surface area contributed by atoms with E-state index in [-0.39, 0.29) is 30.7 Å². The van der Waals surface area contributed by atoms with Gasteiger partial charge in [0, 0.05) is 13.2 Å². The zero-order valence-corrected chi connectivity index (χ0v) is 22.3. The van der Waals surface area contributed by atoms with Gasteiger partial charge in [-0.3, -0.25) is 9.78 Å². The molecule has 0 bridgehead atoms. The fourth-order valence-corrected chi connectivity index (χ4v) is 7.42. The number of carbonyl (C=O) groups excluding carboxylic acids is 1. The quantitative estimate of drug-likeness (QED) is 0.252. The molecule has 2 atom stereocenters. The predicted molar refractivity (Wildman–Crippen MR) is 137 cm³/mol. The van der Waals surface area contributed by atoms with Crippen molar-refractivity contribution in [2.75, 3.05) is 0 Å². The number of nitrogens with zero attached hydrogens (tertiary/aromatic N) is 6. The number of hydrogen-bond donors (Lipinski definition) is 0. The number of hydrogen-bond acceptors (Lipinski definition) is 7. The van der Waals surface area contributed by atoms with Crippen LogP contribution in [-0.2, 0) is 29.5 Å². The SMILES string of the molecule is Cn1ncc(S(=O)(=O)[C@H]2CCC3=Cc4c(cnn4-c4ccc(F)cc4)C[C@]3(C(=O)c3cc(C(F)(F)F)ccn3)C2)n1. The molecule has 0 N–H and O–H groups in total. The molecule has 4 aromatic rings. The maximum atomic E-state index is 14.2. The molecule has 2 aliphatic rings. The van der Waals surface area contributed by atoms with E-state index in [0.29, 0.717) is 28.6 Å². The van der Waals surface area contributed by atoms with Crippen LogP contribution in [0.3, 0.4) is 0 Å². The highest BCUT2D eigenvalue weighted by molar-refractivity contribution is 7.92. The Morgan fingerprint density at radius 1 is 1.10 bits per heavy atom. The molecule has 1 saturated carbocycles. The van der Waals surface area contributed by atoms with Crippen LogP contribution in [0.4, 0.5) is 17.6 Å². The Bertz CT molecular complexity index is 1810. The molecule has 3 heterocycles. The Balaban J connectivity index is 1.47. The molecule has 9 nitrogen and oxygen atoms in total. The molecule has 14 heteroatoms. The second kappa shape index (κ2) is 9.43. The second-order valence-electron chi connectivity index (χ2n) is 10.2. The number of carbonyl (C=O) groups is 1. The third-order valence-electron chi connectivity index (χ3n) is 7.75. The minimum Gasteiger partial charge on any atom is -0.291 e. The standard InChI is InChI=1S/C27H22F4N6O3S/c1-36-33-15-24(35-36)41(39,40)21-7-2-17-11-23-16(14-34-37(23)20-5-3-19(28)4-6-20)12-26(17,13-21)25(38)22-10-18(8-9-32-22)27(29,30)31/h3-6,8-11,14-15,21H,2,7,12-13H2,1H3/t21-,26-/m0/s1. The molecule has 0 spiro atoms. The average Bonchev–Trinajstić information content (AvgIpc) is 3.57. The Hall–Kier alpha value is -4.20. The summed E-state index contributed by atoms with van der Waals surface area (Å²) in [6.45, 7) is 0. The van der Waals surface area contributed by atoms with Gasteiger partial charge >= 0.3 is 6.18 Å². The Labute approximate surface area is 231 Å². The Kier molecular flexibility index (Phi) is 6.21. The highest BCUT2D eigenvalue weighted by Gasteiger charge is 2.52. The Morgan fingerprint density at radius 2 is 1.85 bits per heavy atom. The smallest absolute Gasteiger partial charge is 0.291 e. The van der Waals surface area contributed by atoms with Crippen molar-refractivity contribution in [3.63, 3.8) is 0 Å². The second-order valence-corrected chi connectivity index (χ2v) is 12.4. The average molecular weight is 587 g/mol. The number of pyridine rings is 1. The number of halogens is 4. The van der Waals surface area contributed by atoms with E-state index < -0.39 is 49.5 Å². The summed E-state index contributed by atoms with van der Waals surface area (Å²) in [5.74, 6) is -1.12. The van der Waals surface area contributed by atoms with Gasteiger partial charge in [0.2, 0.25) is 9.84 Å². The Morgan fingerprint density at radius 3 is 2.54 bits per heavy atom. The monoisotopic (exact) mass is 586 g/mol. The minimum atomic E-state index is -4.70. The van der Waals surface area contributed by atoms with Crippen LogP contribution in [0.25, 0.3) is 11.8 Å². The van der Waals surface area contributed by atoms with Crippen LogP contribution in [0.15, 0.2) is 65.6 Å². The number of sulfone groups is 1. The molecule has 3 aromatic heterocycles. The number of allylic oxidation sites excluding steroid dienone is 1. The lowest BCUT2D eigenvalue weighted by Crippen LogP contribution is -2.46. The van der Waals surface area contributed by atoms with Crippen LogP contribution in [0.2, 0.25) is 0 Å². The molecule has 6 rings (SSSR count). The summed E-state index contributed by atoms with van der Waals surface area (Å²) in [6.07, 6.45) is 0.789. The maximum absolute atomic E-state index is 14.2. The number of aromatic nitrogens is 6. The van der Waals surface area contributed by atoms with Crippen molar-refractivity contribution in [2.45, 2.75) is 42.1 Å². The van der Waals surface area contributed by atoms with Crippen LogP contribution >= 0.6 is 0 Å². The number of aryl methyl sites for hydroxylation is 1. The first kappa shape index (κ1) is 27.0. The van der Waals surface area contributed by atoms with Crippen molar-refractivity contribution in [3.05, 3.63) is 88.9 Å². The molecule has 1 fully saturated rings. The fourth-order valence-electron chi connectivity index (χ4n) is 5.72. The predicted octanol–water partition coefficient (Wildman–Crippen LogP) is 4.39. The van der Waals surface area contributed by atoms with Crippen molar-refractivity contribution in [3.8, 4) is 5.69 Å². The van der Waals surface area contributed by atoms with E-state index in [1.165, 1.54) is 25.4 Å². The van der Waals surface area contributed by atoms with Crippen molar-refractivity contribution in [1.29, 1.82) is 0 Å². The fraction of sp³-hybridized carbons (Fsp3) is 0.296. The van der Waals surface area contributed by atoms with Crippen LogP contribution in [-0.4, -0.2) is 49.2 Å². The van der Waals surface area contributed by atoms with Gasteiger partial charge in [-0.15, -0.1) is 5.10 Å². The van der Waals surface area contributed by atoms with Crippen LogP contribution in [0.5, 0.6) is 0 Å². The van der Waals surface area contributed by atoms with E-state index in [2.05, 4.69) is 20.3 Å². The molecule has 0 amide bonds. The van der Waals surface area contributed by atoms with E-state index >= 15 is 0 Å². The van der Waals surface area contributed by atoms with Gasteiger partial charge in [-0.25, -0.2) is 17.5 Å². The van der Waals surface area contributed by atoms with Gasteiger partial charge in [0.15, 0.2) is 10.8 Å². The van der Waals surface area contributed by atoms with E-state index in [0.717, 1.165) is 23.3 Å². The van der Waals surface area contributed by atoms with Crippen molar-refractivity contribution < 1.29 is 30.8 Å². The molecule has 41 heavy (non-hydrogen) atoms. The van der Waals surface area contributed by atoms with E-state index in [4.69, 9.17) is 0 Å². The number of rotatable bonds is 5. The lowest BCUT2D eigenvalue weighted by molar-refractivity contribution is -0.137. The zero-order valence-electron chi connectivity index (χ0n) is 21.5. The molecule has 2 aliphatic carbocycles. The third-order valence-corrected chi connectivity index (χ3v) is 9.80. The van der Waals surface area contributed by atoms with Gasteiger partial charge in [-0.2, -0.15) is 28.2 Å². The number of ketones is 1. The minimum absolute atomic E-state index is 0.00138. The first-order chi connectivity index (χ1) is 19.4. The van der Waals surface area contributed by atoms with Crippen molar-refractivity contribution >= 4 is 21.7 Å². The van der Waals surface area contributed by atoms with Crippen LogP contribution in [0.1, 0.15) is 46.6 Å². The summed E-state index contributed by atoms with van der Waals surface area (Å²) in [5.41, 5.74) is -0.557. The lowest BCUT2D eigenvalue weighted by atomic mass is 9.61. The molecule has 0 radical (unpaired) electrons. The molecular weight excluding hydrogens is 564 g/mol. The maximum Gasteiger partial charge on any atom is 0.416 e. The summed E-state index contributed by atoms with van der Waals surface area (Å²) < 4.78 is 82.8. The molecule has 1 aromatic carbocycles. The number of benzene rings is 1. The summed E-state index contributed by atoms with van der Waals surface area (Å²) in [4.78, 5) is 19.3. The van der Waals surface area contributed by atoms with Gasteiger partial charge in [0.05, 0.1) is 40.0 Å². The first-order valence-corrected chi connectivity index (χ1v) is 14.2. The molecule has 212 valence electrons. The molecule has 0 unspecified atom stereocenters. The van der Waals surface area contributed by atoms with Crippen LogP contribution < -0.4 is 0 Å². The van der Waals surface area contributed by atoms with E-state index in [1.54, 1.807) is 22.9 Å². The number of fused-ring (bicyclic) bond motifs is 2. The number of Topliss-reactive ketones (excluding diaryl/α,β-unsaturated/α-hetero) is 1. The van der Waals surface area contributed by atoms with Gasteiger partial charge in [0.25, 0.3) is 0 Å². The molecule has 0 aliphatic heterocycles. The van der Waals surface area contributed by atoms with Gasteiger partial charge in [-0.05, 0) is 73.7 Å². The topological polar surface area (TPSA) is 113 Å².